The normalized spacial score (nSPS) is 10.6. The highest BCUT2D eigenvalue weighted by molar-refractivity contribution is 9.10. The molecule has 5 heteroatoms. The quantitative estimate of drug-likeness (QED) is 0.725. The molecular weight excluding hydrogens is 352 g/mol. The lowest BCUT2D eigenvalue weighted by molar-refractivity contribution is 0.621. The molecule has 0 aromatic heterocycles. The Kier molecular flexibility index (Phi) is 4.71. The number of aryl methyl sites for hydroxylation is 1. The number of benzene rings is 2. The first-order valence-electron chi connectivity index (χ1n) is 5.60. The minimum absolute atomic E-state index is 0.294. The fourth-order valence-electron chi connectivity index (χ4n) is 1.75. The maximum absolute atomic E-state index is 13.5. The van der Waals surface area contributed by atoms with Crippen molar-refractivity contribution < 1.29 is 4.39 Å². The minimum atomic E-state index is -0.294. The summed E-state index contributed by atoms with van der Waals surface area (Å²) in [6.07, 6.45) is 0. The van der Waals surface area contributed by atoms with Crippen molar-refractivity contribution in [2.45, 2.75) is 13.5 Å². The Bertz CT molecular complexity index is 596. The van der Waals surface area contributed by atoms with E-state index in [2.05, 4.69) is 21.2 Å². The van der Waals surface area contributed by atoms with Crippen molar-refractivity contribution in [3.05, 3.63) is 61.8 Å². The van der Waals surface area contributed by atoms with Crippen LogP contribution in [-0.4, -0.2) is 0 Å². The average molecular weight is 363 g/mol. The Morgan fingerprint density at radius 2 is 1.74 bits per heavy atom. The minimum Gasteiger partial charge on any atom is -0.381 e. The van der Waals surface area contributed by atoms with Gasteiger partial charge in [-0.25, -0.2) is 4.39 Å². The van der Waals surface area contributed by atoms with Gasteiger partial charge in [-0.15, -0.1) is 0 Å². The lowest BCUT2D eigenvalue weighted by atomic mass is 10.1. The molecule has 0 aliphatic carbocycles. The molecule has 19 heavy (non-hydrogen) atoms. The molecule has 0 atom stereocenters. The second-order valence-electron chi connectivity index (χ2n) is 4.21. The second kappa shape index (κ2) is 6.12. The van der Waals surface area contributed by atoms with E-state index in [1.165, 1.54) is 6.07 Å². The Morgan fingerprint density at radius 3 is 2.37 bits per heavy atom. The highest BCUT2D eigenvalue weighted by Crippen LogP contribution is 2.25. The van der Waals surface area contributed by atoms with Crippen molar-refractivity contribution in [2.24, 2.45) is 0 Å². The van der Waals surface area contributed by atoms with Crippen LogP contribution in [0.15, 0.2) is 34.8 Å². The molecule has 2 aromatic rings. The molecule has 0 bridgehead atoms. The van der Waals surface area contributed by atoms with Gasteiger partial charge in [0.2, 0.25) is 0 Å². The van der Waals surface area contributed by atoms with E-state index in [4.69, 9.17) is 23.2 Å². The van der Waals surface area contributed by atoms with E-state index in [1.54, 1.807) is 12.1 Å². The maximum Gasteiger partial charge on any atom is 0.139 e. The number of rotatable bonds is 3. The SMILES string of the molecule is Cc1cc(Br)c(F)cc1NCc1cc(Cl)cc(Cl)c1. The molecule has 0 aliphatic rings. The first-order chi connectivity index (χ1) is 8.95. The predicted octanol–water partition coefficient (Wildman–Crippen LogP) is 5.82. The number of nitrogens with one attached hydrogen (secondary N) is 1. The third kappa shape index (κ3) is 3.85. The first kappa shape index (κ1) is 14.6. The highest BCUT2D eigenvalue weighted by atomic mass is 79.9. The van der Waals surface area contributed by atoms with Crippen molar-refractivity contribution in [1.29, 1.82) is 0 Å². The largest absolute Gasteiger partial charge is 0.381 e. The zero-order valence-corrected chi connectivity index (χ0v) is 13.2. The molecule has 0 unspecified atom stereocenters. The van der Waals surface area contributed by atoms with E-state index in [-0.39, 0.29) is 5.82 Å². The van der Waals surface area contributed by atoms with E-state index in [9.17, 15) is 4.39 Å². The molecule has 1 nitrogen and oxygen atoms in total. The summed E-state index contributed by atoms with van der Waals surface area (Å²) in [7, 11) is 0. The standard InChI is InChI=1S/C14H11BrCl2FN/c1-8-2-12(15)13(18)6-14(8)19-7-9-3-10(16)5-11(17)4-9/h2-6,19H,7H2,1H3. The zero-order valence-electron chi connectivity index (χ0n) is 10.1. The van der Waals surface area contributed by atoms with Crippen LogP contribution in [0.3, 0.4) is 0 Å². The van der Waals surface area contributed by atoms with Crippen LogP contribution < -0.4 is 5.32 Å². The molecule has 100 valence electrons. The fourth-order valence-corrected chi connectivity index (χ4v) is 2.78. The summed E-state index contributed by atoms with van der Waals surface area (Å²) in [5.41, 5.74) is 2.65. The summed E-state index contributed by atoms with van der Waals surface area (Å²) in [6.45, 7) is 2.44. The van der Waals surface area contributed by atoms with Crippen LogP contribution in [0, 0.1) is 12.7 Å². The van der Waals surface area contributed by atoms with Crippen LogP contribution in [-0.2, 0) is 6.54 Å². The number of hydrogen-bond donors (Lipinski definition) is 1. The Morgan fingerprint density at radius 1 is 1.11 bits per heavy atom. The van der Waals surface area contributed by atoms with Gasteiger partial charge in [-0.05, 0) is 64.3 Å². The summed E-state index contributed by atoms with van der Waals surface area (Å²) in [5.74, 6) is -0.294. The van der Waals surface area contributed by atoms with Gasteiger partial charge in [-0.1, -0.05) is 23.2 Å². The molecular formula is C14H11BrCl2FN. The molecule has 2 rings (SSSR count). The van der Waals surface area contributed by atoms with Gasteiger partial charge in [0.1, 0.15) is 5.82 Å². The van der Waals surface area contributed by atoms with Crippen LogP contribution in [0.4, 0.5) is 10.1 Å². The zero-order chi connectivity index (χ0) is 14.0. The predicted molar refractivity (Wildman–Crippen MR) is 82.6 cm³/mol. The van der Waals surface area contributed by atoms with Crippen LogP contribution in [0.2, 0.25) is 10.0 Å². The summed E-state index contributed by atoms with van der Waals surface area (Å²) in [4.78, 5) is 0. The van der Waals surface area contributed by atoms with Crippen molar-refractivity contribution in [2.75, 3.05) is 5.32 Å². The van der Waals surface area contributed by atoms with E-state index in [0.29, 0.717) is 21.1 Å². The molecule has 0 heterocycles. The lowest BCUT2D eigenvalue weighted by Gasteiger charge is -2.11. The number of halogens is 4. The first-order valence-corrected chi connectivity index (χ1v) is 7.15. The molecule has 1 N–H and O–H groups in total. The fraction of sp³-hybridized carbons (Fsp3) is 0.143. The third-order valence-corrected chi connectivity index (χ3v) is 3.72. The third-order valence-electron chi connectivity index (χ3n) is 2.67. The van der Waals surface area contributed by atoms with E-state index in [1.807, 2.05) is 19.1 Å². The van der Waals surface area contributed by atoms with Gasteiger partial charge in [0.15, 0.2) is 0 Å². The van der Waals surface area contributed by atoms with Gasteiger partial charge < -0.3 is 5.32 Å². The molecule has 2 aromatic carbocycles. The molecule has 0 spiro atoms. The smallest absolute Gasteiger partial charge is 0.139 e. The maximum atomic E-state index is 13.5. The monoisotopic (exact) mass is 361 g/mol. The Balaban J connectivity index is 2.16. The summed E-state index contributed by atoms with van der Waals surface area (Å²) >= 11 is 15.0. The topological polar surface area (TPSA) is 12.0 Å². The van der Waals surface area contributed by atoms with Gasteiger partial charge in [0.05, 0.1) is 4.47 Å². The van der Waals surface area contributed by atoms with Gasteiger partial charge in [0.25, 0.3) is 0 Å². The van der Waals surface area contributed by atoms with E-state index < -0.39 is 0 Å². The second-order valence-corrected chi connectivity index (χ2v) is 5.94. The average Bonchev–Trinajstić information content (AvgIpc) is 2.31. The van der Waals surface area contributed by atoms with Crippen molar-refractivity contribution in [3.8, 4) is 0 Å². The van der Waals surface area contributed by atoms with Crippen molar-refractivity contribution in [1.82, 2.24) is 0 Å². The highest BCUT2D eigenvalue weighted by Gasteiger charge is 2.05. The van der Waals surface area contributed by atoms with Crippen molar-refractivity contribution in [3.63, 3.8) is 0 Å². The van der Waals surface area contributed by atoms with E-state index >= 15 is 0 Å². The van der Waals surface area contributed by atoms with Crippen LogP contribution in [0.5, 0.6) is 0 Å². The number of hydrogen-bond acceptors (Lipinski definition) is 1. The van der Waals surface area contributed by atoms with Gasteiger partial charge in [-0.2, -0.15) is 0 Å². The van der Waals surface area contributed by atoms with Crippen LogP contribution in [0.1, 0.15) is 11.1 Å². The van der Waals surface area contributed by atoms with Crippen LogP contribution in [0.25, 0.3) is 0 Å². The molecule has 0 saturated carbocycles. The van der Waals surface area contributed by atoms with Gasteiger partial charge >= 0.3 is 0 Å². The lowest BCUT2D eigenvalue weighted by Crippen LogP contribution is -2.02. The summed E-state index contributed by atoms with van der Waals surface area (Å²) < 4.78 is 13.9. The Labute approximate surface area is 129 Å². The Hall–Kier alpha value is -0.770. The summed E-state index contributed by atoms with van der Waals surface area (Å²) in [6, 6.07) is 8.53. The van der Waals surface area contributed by atoms with Gasteiger partial charge in [0, 0.05) is 22.3 Å². The molecule has 0 saturated heterocycles. The molecule has 0 fully saturated rings. The van der Waals surface area contributed by atoms with Gasteiger partial charge in [-0.3, -0.25) is 0 Å². The van der Waals surface area contributed by atoms with Crippen LogP contribution >= 0.6 is 39.1 Å². The van der Waals surface area contributed by atoms with Crippen molar-refractivity contribution >= 4 is 44.8 Å². The molecule has 0 amide bonds. The van der Waals surface area contributed by atoms with E-state index in [0.717, 1.165) is 16.8 Å². The molecule has 0 aliphatic heterocycles. The number of anilines is 1. The molecule has 0 radical (unpaired) electrons. The summed E-state index contributed by atoms with van der Waals surface area (Å²) in [5, 5.41) is 4.35.